The van der Waals surface area contributed by atoms with E-state index >= 15 is 0 Å². The van der Waals surface area contributed by atoms with Crippen molar-refractivity contribution in [1.29, 1.82) is 10.8 Å². The third-order valence-corrected chi connectivity index (χ3v) is 1.60. The van der Waals surface area contributed by atoms with Crippen LogP contribution >= 0.6 is 0 Å². The maximum absolute atomic E-state index is 8.27. The number of rotatable bonds is 2. The summed E-state index contributed by atoms with van der Waals surface area (Å²) in [6, 6.07) is 6.08. The summed E-state index contributed by atoms with van der Waals surface area (Å²) in [7, 11) is 0. The fraction of sp³-hybridized carbons (Fsp3) is 0. The van der Waals surface area contributed by atoms with Gasteiger partial charge in [-0.1, -0.05) is 12.1 Å². The van der Waals surface area contributed by atoms with Gasteiger partial charge in [-0.05, 0) is 12.1 Å². The van der Waals surface area contributed by atoms with Crippen molar-refractivity contribution < 1.29 is 20.3 Å². The molecule has 0 bridgehead atoms. The monoisotopic (exact) mass is 196 g/mol. The highest BCUT2D eigenvalue weighted by Crippen LogP contribution is 2.10. The van der Waals surface area contributed by atoms with Gasteiger partial charge in [-0.25, -0.2) is 10.5 Å². The fourth-order valence-corrected chi connectivity index (χ4v) is 0.977. The molecule has 0 aliphatic heterocycles. The summed E-state index contributed by atoms with van der Waals surface area (Å²) in [5.41, 5.74) is 0.295. The van der Waals surface area contributed by atoms with Crippen molar-refractivity contribution in [3.05, 3.63) is 35.4 Å². The summed E-state index contributed by atoms with van der Waals surface area (Å²) in [5.74, 6) is -1.05. The molecule has 6 nitrogen and oxygen atoms in total. The van der Waals surface area contributed by atoms with Crippen molar-refractivity contribution in [1.82, 2.24) is 0 Å². The molecular weight excluding hydrogens is 188 g/mol. The molecule has 0 radical (unpaired) electrons. The highest BCUT2D eigenvalue weighted by molar-refractivity contribution is 6.04. The van der Waals surface area contributed by atoms with Gasteiger partial charge < -0.3 is 9.78 Å². The predicted molar refractivity (Wildman–Crippen MR) is 47.5 cm³/mol. The zero-order valence-corrected chi connectivity index (χ0v) is 7.02. The van der Waals surface area contributed by atoms with Crippen LogP contribution in [0, 0.1) is 10.8 Å². The van der Waals surface area contributed by atoms with Gasteiger partial charge in [0.2, 0.25) is 0 Å². The minimum absolute atomic E-state index is 0.147. The molecule has 0 aromatic heterocycles. The van der Waals surface area contributed by atoms with E-state index in [0.29, 0.717) is 0 Å². The van der Waals surface area contributed by atoms with Crippen molar-refractivity contribution in [2.45, 2.75) is 0 Å². The smallest absolute Gasteiger partial charge is 0.256 e. The second-order valence-corrected chi connectivity index (χ2v) is 2.39. The molecule has 0 saturated heterocycles. The van der Waals surface area contributed by atoms with Gasteiger partial charge in [0.15, 0.2) is 0 Å². The summed E-state index contributed by atoms with van der Waals surface area (Å²) in [4.78, 5) is 7.44. The molecule has 0 unspecified atom stereocenters. The van der Waals surface area contributed by atoms with Crippen LogP contribution in [-0.4, -0.2) is 22.3 Å². The largest absolute Gasteiger partial charge is 0.319 e. The summed E-state index contributed by atoms with van der Waals surface area (Å²) in [6.45, 7) is 0. The van der Waals surface area contributed by atoms with Crippen LogP contribution in [0.2, 0.25) is 0 Å². The van der Waals surface area contributed by atoms with Gasteiger partial charge in [0, 0.05) is 0 Å². The zero-order chi connectivity index (χ0) is 10.6. The van der Waals surface area contributed by atoms with Crippen LogP contribution in [0.5, 0.6) is 0 Å². The lowest BCUT2D eigenvalue weighted by Crippen LogP contribution is -2.11. The van der Waals surface area contributed by atoms with E-state index < -0.39 is 11.8 Å². The molecule has 0 atom stereocenters. The van der Waals surface area contributed by atoms with Gasteiger partial charge in [-0.3, -0.25) is 10.8 Å². The number of benzene rings is 1. The molecule has 0 amide bonds. The van der Waals surface area contributed by atoms with Crippen LogP contribution in [0.25, 0.3) is 0 Å². The maximum Gasteiger partial charge on any atom is 0.256 e. The Kier molecular flexibility index (Phi) is 3.16. The minimum Gasteiger partial charge on any atom is -0.319 e. The summed E-state index contributed by atoms with van der Waals surface area (Å²) in [5, 5.41) is 30.9. The summed E-state index contributed by atoms with van der Waals surface area (Å²) >= 11 is 0. The Bertz CT molecular complexity index is 329. The molecule has 4 N–H and O–H groups in total. The number of hydrogen-bond donors (Lipinski definition) is 4. The zero-order valence-electron chi connectivity index (χ0n) is 7.02. The third-order valence-electron chi connectivity index (χ3n) is 1.60. The Labute approximate surface area is 79.2 Å². The van der Waals surface area contributed by atoms with Gasteiger partial charge in [0.05, 0.1) is 11.1 Å². The molecule has 0 spiro atoms. The van der Waals surface area contributed by atoms with Gasteiger partial charge in [-0.2, -0.15) is 0 Å². The molecule has 74 valence electrons. The molecule has 1 rings (SSSR count). The van der Waals surface area contributed by atoms with Gasteiger partial charge in [0.1, 0.15) is 0 Å². The molecule has 0 heterocycles. The SMILES string of the molecule is N=C(OO)c1ccccc1C(=N)OO. The lowest BCUT2D eigenvalue weighted by atomic mass is 10.1. The third kappa shape index (κ3) is 1.87. The molecule has 0 saturated carbocycles. The van der Waals surface area contributed by atoms with Gasteiger partial charge in [-0.15, -0.1) is 0 Å². The van der Waals surface area contributed by atoms with Crippen LogP contribution in [-0.2, 0) is 9.78 Å². The first-order chi connectivity index (χ1) is 6.70. The Hall–Kier alpha value is -1.92. The normalized spacial score (nSPS) is 9.29. The van der Waals surface area contributed by atoms with Crippen LogP contribution < -0.4 is 0 Å². The van der Waals surface area contributed by atoms with E-state index in [1.165, 1.54) is 12.1 Å². The molecule has 0 fully saturated rings. The highest BCUT2D eigenvalue weighted by atomic mass is 17.1. The minimum atomic E-state index is -0.526. The summed E-state index contributed by atoms with van der Waals surface area (Å²) in [6.07, 6.45) is 0. The highest BCUT2D eigenvalue weighted by Gasteiger charge is 2.13. The van der Waals surface area contributed by atoms with E-state index in [2.05, 4.69) is 9.78 Å². The molecule has 1 aromatic carbocycles. The lowest BCUT2D eigenvalue weighted by Gasteiger charge is -2.06. The lowest BCUT2D eigenvalue weighted by molar-refractivity contribution is -0.156. The molecule has 1 aromatic rings. The van der Waals surface area contributed by atoms with Crippen LogP contribution in [0.1, 0.15) is 11.1 Å². The van der Waals surface area contributed by atoms with E-state index in [9.17, 15) is 0 Å². The average molecular weight is 196 g/mol. The predicted octanol–water partition coefficient (Wildman–Crippen LogP) is 1.32. The first-order valence-electron chi connectivity index (χ1n) is 3.60. The summed E-state index contributed by atoms with van der Waals surface area (Å²) < 4.78 is 0. The van der Waals surface area contributed by atoms with Crippen LogP contribution in [0.4, 0.5) is 0 Å². The van der Waals surface area contributed by atoms with Crippen molar-refractivity contribution in [3.8, 4) is 0 Å². The molecule has 0 aliphatic carbocycles. The maximum atomic E-state index is 8.27. The Morgan fingerprint density at radius 3 is 1.57 bits per heavy atom. The molecule has 14 heavy (non-hydrogen) atoms. The Morgan fingerprint density at radius 1 is 0.929 bits per heavy atom. The Balaban J connectivity index is 3.15. The van der Waals surface area contributed by atoms with Crippen molar-refractivity contribution in [2.24, 2.45) is 0 Å². The fourth-order valence-electron chi connectivity index (χ4n) is 0.977. The van der Waals surface area contributed by atoms with E-state index in [-0.39, 0.29) is 11.1 Å². The van der Waals surface area contributed by atoms with Crippen LogP contribution in [0.15, 0.2) is 24.3 Å². The van der Waals surface area contributed by atoms with E-state index in [1.54, 1.807) is 12.1 Å². The number of nitrogens with one attached hydrogen (secondary N) is 2. The second-order valence-electron chi connectivity index (χ2n) is 2.39. The second kappa shape index (κ2) is 4.35. The standard InChI is InChI=1S/C8H8N2O4/c9-7(13-11)5-3-1-2-4-6(5)8(10)14-12/h1-4,9-12H. The van der Waals surface area contributed by atoms with Crippen molar-refractivity contribution in [3.63, 3.8) is 0 Å². The molecular formula is C8H8N2O4. The number of hydrogen-bond acceptors (Lipinski definition) is 6. The molecule has 6 heteroatoms. The van der Waals surface area contributed by atoms with Crippen LogP contribution in [0.3, 0.4) is 0 Å². The van der Waals surface area contributed by atoms with E-state index in [4.69, 9.17) is 21.3 Å². The first-order valence-corrected chi connectivity index (χ1v) is 3.60. The average Bonchev–Trinajstić information content (AvgIpc) is 2.27. The van der Waals surface area contributed by atoms with E-state index in [1.807, 2.05) is 0 Å². The molecule has 0 aliphatic rings. The quantitative estimate of drug-likeness (QED) is 0.247. The van der Waals surface area contributed by atoms with Crippen molar-refractivity contribution in [2.75, 3.05) is 0 Å². The topological polar surface area (TPSA) is 107 Å². The van der Waals surface area contributed by atoms with E-state index in [0.717, 1.165) is 0 Å². The van der Waals surface area contributed by atoms with Crippen molar-refractivity contribution >= 4 is 11.8 Å². The van der Waals surface area contributed by atoms with Gasteiger partial charge >= 0.3 is 0 Å². The van der Waals surface area contributed by atoms with Gasteiger partial charge in [0.25, 0.3) is 11.8 Å². The Morgan fingerprint density at radius 2 is 1.29 bits per heavy atom. The first kappa shape index (κ1) is 10.2.